The summed E-state index contributed by atoms with van der Waals surface area (Å²) in [5, 5.41) is 9.58. The van der Waals surface area contributed by atoms with Crippen molar-refractivity contribution in [3.05, 3.63) is 23.8 Å². The zero-order valence-electron chi connectivity index (χ0n) is 11.2. The molecule has 1 atom stereocenters. The van der Waals surface area contributed by atoms with E-state index >= 15 is 0 Å². The summed E-state index contributed by atoms with van der Waals surface area (Å²) < 4.78 is 27.9. The van der Waals surface area contributed by atoms with Crippen LogP contribution in [-0.2, 0) is 9.84 Å². The van der Waals surface area contributed by atoms with Crippen LogP contribution in [0, 0.1) is 0 Å². The third-order valence-corrected chi connectivity index (χ3v) is 5.22. The van der Waals surface area contributed by atoms with Gasteiger partial charge in [-0.2, -0.15) is 0 Å². The van der Waals surface area contributed by atoms with Crippen molar-refractivity contribution in [2.45, 2.75) is 13.0 Å². The first kappa shape index (κ1) is 14.1. The molecule has 1 aromatic carbocycles. The highest BCUT2D eigenvalue weighted by molar-refractivity contribution is 7.91. The van der Waals surface area contributed by atoms with Crippen molar-refractivity contribution < 1.29 is 18.3 Å². The topological polar surface area (TPSA) is 66.8 Å². The normalized spacial score (nSPS) is 20.9. The molecule has 1 fully saturated rings. The average Bonchev–Trinajstić information content (AvgIpc) is 2.38. The number of hydrogen-bond donors (Lipinski definition) is 1. The van der Waals surface area contributed by atoms with Crippen LogP contribution in [0.5, 0.6) is 11.5 Å². The van der Waals surface area contributed by atoms with E-state index < -0.39 is 9.84 Å². The van der Waals surface area contributed by atoms with Gasteiger partial charge in [-0.1, -0.05) is 6.07 Å². The zero-order chi connectivity index (χ0) is 14.0. The SMILES string of the molecule is COc1cc(C(C)N2CCS(=O)(=O)CC2)ccc1O. The van der Waals surface area contributed by atoms with Gasteiger partial charge in [0.15, 0.2) is 21.3 Å². The first-order chi connectivity index (χ1) is 8.93. The minimum Gasteiger partial charge on any atom is -0.504 e. The smallest absolute Gasteiger partial charge is 0.160 e. The second kappa shape index (κ2) is 5.38. The lowest BCUT2D eigenvalue weighted by molar-refractivity contribution is 0.228. The van der Waals surface area contributed by atoms with Gasteiger partial charge in [-0.15, -0.1) is 0 Å². The van der Waals surface area contributed by atoms with Crippen molar-refractivity contribution in [2.75, 3.05) is 31.7 Å². The average molecular weight is 285 g/mol. The monoisotopic (exact) mass is 285 g/mol. The Morgan fingerprint density at radius 1 is 1.32 bits per heavy atom. The van der Waals surface area contributed by atoms with Gasteiger partial charge < -0.3 is 9.84 Å². The van der Waals surface area contributed by atoms with Gasteiger partial charge >= 0.3 is 0 Å². The first-order valence-corrected chi connectivity index (χ1v) is 8.06. The standard InChI is InChI=1S/C13H19NO4S/c1-10(14-5-7-19(16,17)8-6-14)11-3-4-12(15)13(9-11)18-2/h3-4,9-10,15H,5-8H2,1-2H3. The quantitative estimate of drug-likeness (QED) is 0.903. The zero-order valence-corrected chi connectivity index (χ0v) is 12.0. The third kappa shape index (κ3) is 3.19. The second-order valence-electron chi connectivity index (χ2n) is 4.80. The Hall–Kier alpha value is -1.27. The summed E-state index contributed by atoms with van der Waals surface area (Å²) in [5.41, 5.74) is 1.01. The molecule has 5 nitrogen and oxygen atoms in total. The van der Waals surface area contributed by atoms with Gasteiger partial charge in [0.05, 0.1) is 18.6 Å². The molecular formula is C13H19NO4S. The Bertz CT molecular complexity index is 542. The molecule has 0 spiro atoms. The van der Waals surface area contributed by atoms with Crippen LogP contribution in [0.1, 0.15) is 18.5 Å². The molecule has 1 saturated heterocycles. The van der Waals surface area contributed by atoms with Crippen LogP contribution in [0.2, 0.25) is 0 Å². The highest BCUT2D eigenvalue weighted by Crippen LogP contribution is 2.31. The van der Waals surface area contributed by atoms with Crippen molar-refractivity contribution in [2.24, 2.45) is 0 Å². The molecule has 6 heteroatoms. The molecular weight excluding hydrogens is 266 g/mol. The summed E-state index contributed by atoms with van der Waals surface area (Å²) in [6.07, 6.45) is 0. The van der Waals surface area contributed by atoms with Gasteiger partial charge in [0, 0.05) is 19.1 Å². The van der Waals surface area contributed by atoms with E-state index in [2.05, 4.69) is 4.90 Å². The van der Waals surface area contributed by atoms with Crippen molar-refractivity contribution in [3.8, 4) is 11.5 Å². The molecule has 0 aliphatic carbocycles. The number of ether oxygens (including phenoxy) is 1. The van der Waals surface area contributed by atoms with Crippen LogP contribution in [0.15, 0.2) is 18.2 Å². The van der Waals surface area contributed by atoms with Crippen LogP contribution in [-0.4, -0.2) is 50.1 Å². The largest absolute Gasteiger partial charge is 0.504 e. The number of hydrogen-bond acceptors (Lipinski definition) is 5. The number of aromatic hydroxyl groups is 1. The van der Waals surface area contributed by atoms with Crippen molar-refractivity contribution in [1.29, 1.82) is 0 Å². The molecule has 2 rings (SSSR count). The molecule has 0 aromatic heterocycles. The summed E-state index contributed by atoms with van der Waals surface area (Å²) in [6.45, 7) is 3.13. The lowest BCUT2D eigenvalue weighted by Crippen LogP contribution is -2.41. The fraction of sp³-hybridized carbons (Fsp3) is 0.538. The van der Waals surface area contributed by atoms with E-state index in [1.807, 2.05) is 13.0 Å². The van der Waals surface area contributed by atoms with Crippen molar-refractivity contribution in [3.63, 3.8) is 0 Å². The lowest BCUT2D eigenvalue weighted by Gasteiger charge is -2.32. The Balaban J connectivity index is 2.14. The molecule has 1 aliphatic heterocycles. The molecule has 1 heterocycles. The molecule has 1 aliphatic rings. The highest BCUT2D eigenvalue weighted by atomic mass is 32.2. The van der Waals surface area contributed by atoms with Gasteiger partial charge in [-0.05, 0) is 24.6 Å². The Labute approximate surface area is 113 Å². The van der Waals surface area contributed by atoms with E-state index in [0.717, 1.165) is 5.56 Å². The van der Waals surface area contributed by atoms with E-state index in [4.69, 9.17) is 4.74 Å². The van der Waals surface area contributed by atoms with Crippen LogP contribution in [0.25, 0.3) is 0 Å². The Morgan fingerprint density at radius 2 is 1.95 bits per heavy atom. The molecule has 1 aromatic rings. The molecule has 106 valence electrons. The van der Waals surface area contributed by atoms with E-state index in [1.54, 1.807) is 12.1 Å². The molecule has 0 amide bonds. The maximum atomic E-state index is 11.4. The van der Waals surface area contributed by atoms with E-state index in [9.17, 15) is 13.5 Å². The first-order valence-electron chi connectivity index (χ1n) is 6.24. The minimum absolute atomic E-state index is 0.102. The highest BCUT2D eigenvalue weighted by Gasteiger charge is 2.25. The predicted octanol–water partition coefficient (Wildman–Crippen LogP) is 1.19. The van der Waals surface area contributed by atoms with Gasteiger partial charge in [0.25, 0.3) is 0 Å². The van der Waals surface area contributed by atoms with Gasteiger partial charge in [-0.25, -0.2) is 8.42 Å². The number of sulfone groups is 1. The van der Waals surface area contributed by atoms with Gasteiger partial charge in [-0.3, -0.25) is 4.90 Å². The number of phenols is 1. The minimum atomic E-state index is -2.86. The second-order valence-corrected chi connectivity index (χ2v) is 7.10. The van der Waals surface area contributed by atoms with Crippen LogP contribution >= 0.6 is 0 Å². The molecule has 0 saturated carbocycles. The molecule has 0 bridgehead atoms. The number of phenolic OH excluding ortho intramolecular Hbond substituents is 1. The summed E-state index contributed by atoms with van der Waals surface area (Å²) in [5.74, 6) is 0.979. The van der Waals surface area contributed by atoms with Crippen molar-refractivity contribution >= 4 is 9.84 Å². The molecule has 0 radical (unpaired) electrons. The third-order valence-electron chi connectivity index (χ3n) is 3.61. The van der Waals surface area contributed by atoms with Crippen molar-refractivity contribution in [1.82, 2.24) is 4.90 Å². The number of benzene rings is 1. The van der Waals surface area contributed by atoms with Crippen LogP contribution in [0.4, 0.5) is 0 Å². The Kier molecular flexibility index (Phi) is 4.01. The van der Waals surface area contributed by atoms with Crippen LogP contribution < -0.4 is 4.74 Å². The molecule has 1 unspecified atom stereocenters. The van der Waals surface area contributed by atoms with E-state index in [-0.39, 0.29) is 23.3 Å². The van der Waals surface area contributed by atoms with Gasteiger partial charge in [0.2, 0.25) is 0 Å². The van der Waals surface area contributed by atoms with Crippen LogP contribution in [0.3, 0.4) is 0 Å². The summed E-state index contributed by atoms with van der Waals surface area (Å²) >= 11 is 0. The number of rotatable bonds is 3. The number of methoxy groups -OCH3 is 1. The molecule has 19 heavy (non-hydrogen) atoms. The maximum Gasteiger partial charge on any atom is 0.160 e. The Morgan fingerprint density at radius 3 is 2.53 bits per heavy atom. The fourth-order valence-electron chi connectivity index (χ4n) is 2.28. The summed E-state index contributed by atoms with van der Waals surface area (Å²) in [4.78, 5) is 2.13. The lowest BCUT2D eigenvalue weighted by atomic mass is 10.1. The fourth-order valence-corrected chi connectivity index (χ4v) is 3.51. The van der Waals surface area contributed by atoms with E-state index in [0.29, 0.717) is 18.8 Å². The predicted molar refractivity (Wildman–Crippen MR) is 73.3 cm³/mol. The van der Waals surface area contributed by atoms with Gasteiger partial charge in [0.1, 0.15) is 0 Å². The van der Waals surface area contributed by atoms with E-state index in [1.165, 1.54) is 7.11 Å². The summed E-state index contributed by atoms with van der Waals surface area (Å²) in [6, 6.07) is 5.34. The molecule has 1 N–H and O–H groups in total. The maximum absolute atomic E-state index is 11.4. The summed E-state index contributed by atoms with van der Waals surface area (Å²) in [7, 11) is -1.35. The number of nitrogens with zero attached hydrogens (tertiary/aromatic N) is 1.